The first-order valence-corrected chi connectivity index (χ1v) is 6.96. The summed E-state index contributed by atoms with van der Waals surface area (Å²) >= 11 is 0. The van der Waals surface area contributed by atoms with Crippen molar-refractivity contribution in [3.63, 3.8) is 0 Å². The lowest BCUT2D eigenvalue weighted by Gasteiger charge is -2.23. The van der Waals surface area contributed by atoms with E-state index in [1.807, 2.05) is 18.2 Å². The van der Waals surface area contributed by atoms with E-state index in [1.165, 1.54) is 5.56 Å². The lowest BCUT2D eigenvalue weighted by molar-refractivity contribution is -0.121. The average Bonchev–Trinajstić information content (AvgIpc) is 2.46. The van der Waals surface area contributed by atoms with Crippen LogP contribution in [0.3, 0.4) is 0 Å². The molecule has 4 nitrogen and oxygen atoms in total. The van der Waals surface area contributed by atoms with Gasteiger partial charge in [-0.25, -0.2) is 0 Å². The van der Waals surface area contributed by atoms with E-state index in [0.717, 1.165) is 39.0 Å². The highest BCUT2D eigenvalue weighted by molar-refractivity contribution is 5.78. The van der Waals surface area contributed by atoms with Gasteiger partial charge in [-0.1, -0.05) is 30.3 Å². The quantitative estimate of drug-likeness (QED) is 0.755. The Labute approximate surface area is 114 Å². The Morgan fingerprint density at radius 2 is 1.95 bits per heavy atom. The first-order valence-electron chi connectivity index (χ1n) is 6.96. The second-order valence-electron chi connectivity index (χ2n) is 4.87. The van der Waals surface area contributed by atoms with E-state index >= 15 is 0 Å². The van der Waals surface area contributed by atoms with Crippen molar-refractivity contribution in [2.75, 3.05) is 26.3 Å². The van der Waals surface area contributed by atoms with Crippen LogP contribution in [0.1, 0.15) is 18.4 Å². The van der Waals surface area contributed by atoms with Gasteiger partial charge in [-0.05, 0) is 31.4 Å². The number of carbonyl (C=O) groups excluding carboxylic acids is 1. The van der Waals surface area contributed by atoms with Gasteiger partial charge in [-0.15, -0.1) is 0 Å². The maximum atomic E-state index is 11.7. The molecule has 0 bridgehead atoms. The molecule has 0 spiro atoms. The molecule has 0 aromatic heterocycles. The van der Waals surface area contributed by atoms with Gasteiger partial charge in [-0.2, -0.15) is 0 Å². The molecule has 1 aromatic rings. The van der Waals surface area contributed by atoms with Crippen LogP contribution in [0.15, 0.2) is 30.3 Å². The fourth-order valence-electron chi connectivity index (χ4n) is 2.20. The summed E-state index contributed by atoms with van der Waals surface area (Å²) in [5.74, 6) is 0.0833. The van der Waals surface area contributed by atoms with Gasteiger partial charge in [0.05, 0.1) is 6.54 Å². The Morgan fingerprint density at radius 3 is 2.68 bits per heavy atom. The Kier molecular flexibility index (Phi) is 5.85. The van der Waals surface area contributed by atoms with Crippen LogP contribution in [0.5, 0.6) is 0 Å². The van der Waals surface area contributed by atoms with Gasteiger partial charge < -0.3 is 15.4 Å². The monoisotopic (exact) mass is 262 g/mol. The van der Waals surface area contributed by atoms with Crippen molar-refractivity contribution < 1.29 is 9.53 Å². The van der Waals surface area contributed by atoms with E-state index in [2.05, 4.69) is 22.8 Å². The molecule has 0 radical (unpaired) electrons. The summed E-state index contributed by atoms with van der Waals surface area (Å²) in [5.41, 5.74) is 1.29. The van der Waals surface area contributed by atoms with E-state index in [9.17, 15) is 4.79 Å². The van der Waals surface area contributed by atoms with Crippen LogP contribution in [0.4, 0.5) is 0 Å². The van der Waals surface area contributed by atoms with Crippen molar-refractivity contribution in [1.82, 2.24) is 10.6 Å². The van der Waals surface area contributed by atoms with Crippen molar-refractivity contribution in [3.05, 3.63) is 35.9 Å². The Morgan fingerprint density at radius 1 is 1.21 bits per heavy atom. The summed E-state index contributed by atoms with van der Waals surface area (Å²) < 4.78 is 5.26. The predicted molar refractivity (Wildman–Crippen MR) is 75.0 cm³/mol. The average molecular weight is 262 g/mol. The van der Waals surface area contributed by atoms with Crippen molar-refractivity contribution >= 4 is 5.91 Å². The van der Waals surface area contributed by atoms with Crippen LogP contribution in [0, 0.1) is 0 Å². The molecule has 4 heteroatoms. The van der Waals surface area contributed by atoms with E-state index in [-0.39, 0.29) is 11.9 Å². The standard InChI is InChI=1S/C15H22N2O2/c18-15(17-14-7-10-19-11-8-14)12-16-9-6-13-4-2-1-3-5-13/h1-5,14,16H,6-12H2,(H,17,18). The zero-order valence-corrected chi connectivity index (χ0v) is 11.2. The van der Waals surface area contributed by atoms with Gasteiger partial charge in [0.2, 0.25) is 5.91 Å². The number of carbonyl (C=O) groups is 1. The molecular formula is C15H22N2O2. The second-order valence-corrected chi connectivity index (χ2v) is 4.87. The number of rotatable bonds is 6. The zero-order valence-electron chi connectivity index (χ0n) is 11.2. The molecule has 0 unspecified atom stereocenters. The van der Waals surface area contributed by atoms with Gasteiger partial charge >= 0.3 is 0 Å². The van der Waals surface area contributed by atoms with Gasteiger partial charge in [0.15, 0.2) is 0 Å². The summed E-state index contributed by atoms with van der Waals surface area (Å²) in [6.07, 6.45) is 2.80. The fraction of sp³-hybridized carbons (Fsp3) is 0.533. The van der Waals surface area contributed by atoms with Crippen LogP contribution >= 0.6 is 0 Å². The summed E-state index contributed by atoms with van der Waals surface area (Å²) in [4.78, 5) is 11.7. The first kappa shape index (κ1) is 14.0. The van der Waals surface area contributed by atoms with Gasteiger partial charge in [0.1, 0.15) is 0 Å². The highest BCUT2D eigenvalue weighted by Crippen LogP contribution is 2.05. The SMILES string of the molecule is O=C(CNCCc1ccccc1)NC1CCOCC1. The molecule has 0 aliphatic carbocycles. The highest BCUT2D eigenvalue weighted by Gasteiger charge is 2.15. The topological polar surface area (TPSA) is 50.4 Å². The normalized spacial score (nSPS) is 16.2. The third-order valence-corrected chi connectivity index (χ3v) is 3.31. The van der Waals surface area contributed by atoms with E-state index < -0.39 is 0 Å². The van der Waals surface area contributed by atoms with E-state index in [1.54, 1.807) is 0 Å². The van der Waals surface area contributed by atoms with Crippen LogP contribution < -0.4 is 10.6 Å². The summed E-state index contributed by atoms with van der Waals surface area (Å²) in [5, 5.41) is 6.22. The van der Waals surface area contributed by atoms with Crippen molar-refractivity contribution in [2.45, 2.75) is 25.3 Å². The van der Waals surface area contributed by atoms with Crippen molar-refractivity contribution in [2.24, 2.45) is 0 Å². The summed E-state index contributed by atoms with van der Waals surface area (Å²) in [6.45, 7) is 2.73. The third kappa shape index (κ3) is 5.41. The van der Waals surface area contributed by atoms with Crippen molar-refractivity contribution in [1.29, 1.82) is 0 Å². The minimum Gasteiger partial charge on any atom is -0.381 e. The second kappa shape index (κ2) is 7.92. The smallest absolute Gasteiger partial charge is 0.234 e. The minimum atomic E-state index is 0.0833. The molecule has 1 heterocycles. The van der Waals surface area contributed by atoms with Crippen LogP contribution in [0.25, 0.3) is 0 Å². The molecule has 1 amide bonds. The molecule has 0 atom stereocenters. The lowest BCUT2D eigenvalue weighted by Crippen LogP contribution is -2.43. The molecule has 1 aromatic carbocycles. The molecule has 19 heavy (non-hydrogen) atoms. The molecule has 1 fully saturated rings. The van der Waals surface area contributed by atoms with Gasteiger partial charge in [0, 0.05) is 19.3 Å². The highest BCUT2D eigenvalue weighted by atomic mass is 16.5. The van der Waals surface area contributed by atoms with Crippen LogP contribution in [0.2, 0.25) is 0 Å². The molecule has 2 N–H and O–H groups in total. The van der Waals surface area contributed by atoms with Gasteiger partial charge in [0.25, 0.3) is 0 Å². The van der Waals surface area contributed by atoms with Crippen LogP contribution in [-0.2, 0) is 16.0 Å². The van der Waals surface area contributed by atoms with Gasteiger partial charge in [-0.3, -0.25) is 4.79 Å². The fourth-order valence-corrected chi connectivity index (χ4v) is 2.20. The predicted octanol–water partition coefficient (Wildman–Crippen LogP) is 1.11. The Balaban J connectivity index is 1.56. The Hall–Kier alpha value is -1.39. The Bertz CT molecular complexity index is 375. The first-order chi connectivity index (χ1) is 9.34. The largest absolute Gasteiger partial charge is 0.381 e. The molecule has 1 aliphatic heterocycles. The van der Waals surface area contributed by atoms with E-state index in [4.69, 9.17) is 4.74 Å². The molecule has 1 aliphatic rings. The molecule has 104 valence electrons. The number of hydrogen-bond acceptors (Lipinski definition) is 3. The number of hydrogen-bond donors (Lipinski definition) is 2. The third-order valence-electron chi connectivity index (χ3n) is 3.31. The van der Waals surface area contributed by atoms with Crippen LogP contribution in [-0.4, -0.2) is 38.3 Å². The molecule has 2 rings (SSSR count). The van der Waals surface area contributed by atoms with Crippen molar-refractivity contribution in [3.8, 4) is 0 Å². The molecular weight excluding hydrogens is 240 g/mol. The number of nitrogens with one attached hydrogen (secondary N) is 2. The number of benzene rings is 1. The van der Waals surface area contributed by atoms with E-state index in [0.29, 0.717) is 6.54 Å². The maximum Gasteiger partial charge on any atom is 0.234 e. The minimum absolute atomic E-state index is 0.0833. The molecule has 1 saturated heterocycles. The maximum absolute atomic E-state index is 11.7. The number of ether oxygens (including phenoxy) is 1. The zero-order chi connectivity index (χ0) is 13.3. The lowest BCUT2D eigenvalue weighted by atomic mass is 10.1. The number of amides is 1. The summed E-state index contributed by atoms with van der Waals surface area (Å²) in [6, 6.07) is 10.6. The molecule has 0 saturated carbocycles. The summed E-state index contributed by atoms with van der Waals surface area (Å²) in [7, 11) is 0.